The highest BCUT2D eigenvalue weighted by Crippen LogP contribution is 2.13. The van der Waals surface area contributed by atoms with Gasteiger partial charge in [-0.3, -0.25) is 10.1 Å². The fourth-order valence-corrected chi connectivity index (χ4v) is 1.61. The number of nitrogens with one attached hydrogen (secondary N) is 1. The van der Waals surface area contributed by atoms with Crippen LogP contribution in [0, 0.1) is 0 Å². The van der Waals surface area contributed by atoms with E-state index in [0.717, 1.165) is 19.3 Å². The third kappa shape index (κ3) is 3.32. The molecular formula is C9H17NO3. The van der Waals surface area contributed by atoms with Gasteiger partial charge in [-0.2, -0.15) is 0 Å². The average molecular weight is 187 g/mol. The van der Waals surface area contributed by atoms with Gasteiger partial charge in [0.2, 0.25) is 0 Å². The zero-order valence-corrected chi connectivity index (χ0v) is 7.95. The molecular weight excluding hydrogens is 170 g/mol. The smallest absolute Gasteiger partial charge is 0.320 e. The molecule has 1 saturated heterocycles. The van der Waals surface area contributed by atoms with Crippen molar-refractivity contribution in [1.29, 1.82) is 0 Å². The van der Waals surface area contributed by atoms with E-state index in [4.69, 9.17) is 9.84 Å². The summed E-state index contributed by atoms with van der Waals surface area (Å²) in [6.45, 7) is 3.26. The Morgan fingerprint density at radius 3 is 3.00 bits per heavy atom. The van der Waals surface area contributed by atoms with E-state index in [1.807, 2.05) is 6.92 Å². The minimum absolute atomic E-state index is 0.217. The molecule has 1 aliphatic rings. The second-order valence-electron chi connectivity index (χ2n) is 3.34. The monoisotopic (exact) mass is 187 g/mol. The van der Waals surface area contributed by atoms with Gasteiger partial charge in [-0.05, 0) is 26.2 Å². The van der Waals surface area contributed by atoms with Crippen molar-refractivity contribution in [2.24, 2.45) is 0 Å². The van der Waals surface area contributed by atoms with Crippen LogP contribution < -0.4 is 5.32 Å². The lowest BCUT2D eigenvalue weighted by Gasteiger charge is -2.28. The van der Waals surface area contributed by atoms with Gasteiger partial charge >= 0.3 is 5.97 Å². The highest BCUT2D eigenvalue weighted by Gasteiger charge is 2.25. The second-order valence-corrected chi connectivity index (χ2v) is 3.34. The maximum atomic E-state index is 10.7. The van der Waals surface area contributed by atoms with Gasteiger partial charge in [0.15, 0.2) is 0 Å². The van der Waals surface area contributed by atoms with Crippen LogP contribution in [0.1, 0.15) is 26.2 Å². The summed E-state index contributed by atoms with van der Waals surface area (Å²) < 4.78 is 5.25. The molecule has 0 bridgehead atoms. The molecule has 4 nitrogen and oxygen atoms in total. The summed E-state index contributed by atoms with van der Waals surface area (Å²) in [4.78, 5) is 10.7. The third-order valence-corrected chi connectivity index (χ3v) is 2.30. The van der Waals surface area contributed by atoms with Gasteiger partial charge in [0.25, 0.3) is 0 Å². The Morgan fingerprint density at radius 1 is 1.62 bits per heavy atom. The highest BCUT2D eigenvalue weighted by molar-refractivity contribution is 5.73. The Bertz CT molecular complexity index is 172. The maximum absolute atomic E-state index is 10.7. The molecule has 4 heteroatoms. The molecule has 1 fully saturated rings. The summed E-state index contributed by atoms with van der Waals surface area (Å²) >= 11 is 0. The van der Waals surface area contributed by atoms with Gasteiger partial charge in [0, 0.05) is 12.6 Å². The van der Waals surface area contributed by atoms with E-state index in [9.17, 15) is 4.79 Å². The lowest BCUT2D eigenvalue weighted by molar-refractivity contribution is -0.140. The first kappa shape index (κ1) is 10.5. The van der Waals surface area contributed by atoms with E-state index in [1.54, 1.807) is 0 Å². The Labute approximate surface area is 78.3 Å². The minimum atomic E-state index is -0.749. The molecule has 0 aromatic rings. The van der Waals surface area contributed by atoms with Gasteiger partial charge < -0.3 is 9.84 Å². The summed E-state index contributed by atoms with van der Waals surface area (Å²) in [7, 11) is 0. The predicted molar refractivity (Wildman–Crippen MR) is 48.7 cm³/mol. The number of rotatable bonds is 4. The van der Waals surface area contributed by atoms with Crippen molar-refractivity contribution in [3.05, 3.63) is 0 Å². The molecule has 2 N–H and O–H groups in total. The summed E-state index contributed by atoms with van der Waals surface area (Å²) in [5.74, 6) is -0.749. The van der Waals surface area contributed by atoms with Crippen LogP contribution in [-0.4, -0.2) is 36.4 Å². The maximum Gasteiger partial charge on any atom is 0.320 e. The van der Waals surface area contributed by atoms with Gasteiger partial charge in [0.05, 0.1) is 6.61 Å². The van der Waals surface area contributed by atoms with Crippen molar-refractivity contribution < 1.29 is 14.6 Å². The van der Waals surface area contributed by atoms with E-state index in [2.05, 4.69) is 5.32 Å². The molecule has 0 aromatic carbocycles. The third-order valence-electron chi connectivity index (χ3n) is 2.30. The highest BCUT2D eigenvalue weighted by atomic mass is 16.5. The number of carbonyl (C=O) groups is 1. The van der Waals surface area contributed by atoms with Crippen LogP contribution in [0.3, 0.4) is 0 Å². The van der Waals surface area contributed by atoms with Crippen molar-refractivity contribution in [2.45, 2.75) is 38.3 Å². The Hall–Kier alpha value is -0.610. The Kier molecular flexibility index (Phi) is 4.18. The minimum Gasteiger partial charge on any atom is -0.480 e. The van der Waals surface area contributed by atoms with Crippen molar-refractivity contribution in [2.75, 3.05) is 13.2 Å². The number of aliphatic carboxylic acids is 1. The fraction of sp³-hybridized carbons (Fsp3) is 0.889. The largest absolute Gasteiger partial charge is 0.480 e. The SMILES string of the molecule is CCOCC1CCCC(C(=O)O)N1. The molecule has 1 heterocycles. The van der Waals surface area contributed by atoms with E-state index in [1.165, 1.54) is 0 Å². The van der Waals surface area contributed by atoms with E-state index < -0.39 is 5.97 Å². The van der Waals surface area contributed by atoms with Crippen LogP contribution in [0.4, 0.5) is 0 Å². The zero-order valence-electron chi connectivity index (χ0n) is 7.95. The first-order valence-electron chi connectivity index (χ1n) is 4.80. The Morgan fingerprint density at radius 2 is 2.38 bits per heavy atom. The predicted octanol–water partition coefficient (Wildman–Crippen LogP) is 0.618. The fourth-order valence-electron chi connectivity index (χ4n) is 1.61. The number of piperidine rings is 1. The van der Waals surface area contributed by atoms with Gasteiger partial charge in [-0.1, -0.05) is 0 Å². The molecule has 2 unspecified atom stereocenters. The van der Waals surface area contributed by atoms with Gasteiger partial charge in [-0.25, -0.2) is 0 Å². The molecule has 0 amide bonds. The lowest BCUT2D eigenvalue weighted by atomic mass is 9.99. The molecule has 76 valence electrons. The number of hydrogen-bond donors (Lipinski definition) is 2. The average Bonchev–Trinajstić information content (AvgIpc) is 2.15. The van der Waals surface area contributed by atoms with Crippen LogP contribution in [0.25, 0.3) is 0 Å². The molecule has 1 rings (SSSR count). The zero-order chi connectivity index (χ0) is 9.68. The van der Waals surface area contributed by atoms with Gasteiger partial charge in [-0.15, -0.1) is 0 Å². The van der Waals surface area contributed by atoms with Crippen LogP contribution >= 0.6 is 0 Å². The molecule has 2 atom stereocenters. The summed E-state index contributed by atoms with van der Waals surface area (Å²) in [5, 5.41) is 11.8. The molecule has 0 radical (unpaired) electrons. The van der Waals surface area contributed by atoms with E-state index >= 15 is 0 Å². The molecule has 0 aliphatic carbocycles. The summed E-state index contributed by atoms with van der Waals surface area (Å²) in [6.07, 6.45) is 2.73. The molecule has 0 aromatic heterocycles. The van der Waals surface area contributed by atoms with E-state index in [-0.39, 0.29) is 12.1 Å². The second kappa shape index (κ2) is 5.19. The normalized spacial score (nSPS) is 28.7. The first-order valence-corrected chi connectivity index (χ1v) is 4.80. The number of ether oxygens (including phenoxy) is 1. The van der Waals surface area contributed by atoms with Crippen molar-refractivity contribution in [3.8, 4) is 0 Å². The van der Waals surface area contributed by atoms with E-state index in [0.29, 0.717) is 13.2 Å². The summed E-state index contributed by atoms with van der Waals surface area (Å²) in [6, 6.07) is -0.158. The van der Waals surface area contributed by atoms with Crippen LogP contribution in [0.5, 0.6) is 0 Å². The number of carboxylic acid groups (broad SMARTS) is 1. The topological polar surface area (TPSA) is 58.6 Å². The van der Waals surface area contributed by atoms with Gasteiger partial charge in [0.1, 0.15) is 6.04 Å². The first-order chi connectivity index (χ1) is 6.24. The summed E-state index contributed by atoms with van der Waals surface area (Å²) in [5.41, 5.74) is 0. The molecule has 13 heavy (non-hydrogen) atoms. The Balaban J connectivity index is 2.29. The van der Waals surface area contributed by atoms with Crippen LogP contribution in [0.15, 0.2) is 0 Å². The van der Waals surface area contributed by atoms with Crippen molar-refractivity contribution in [3.63, 3.8) is 0 Å². The quantitative estimate of drug-likeness (QED) is 0.677. The number of carboxylic acids is 1. The van der Waals surface area contributed by atoms with Crippen molar-refractivity contribution in [1.82, 2.24) is 5.32 Å². The molecule has 1 aliphatic heterocycles. The van der Waals surface area contributed by atoms with Crippen LogP contribution in [-0.2, 0) is 9.53 Å². The van der Waals surface area contributed by atoms with Crippen molar-refractivity contribution >= 4 is 5.97 Å². The standard InChI is InChI=1S/C9H17NO3/c1-2-13-6-7-4-3-5-8(10-7)9(11)12/h7-8,10H,2-6H2,1H3,(H,11,12). The van der Waals surface area contributed by atoms with Crippen LogP contribution in [0.2, 0.25) is 0 Å². The molecule has 0 saturated carbocycles. The lowest BCUT2D eigenvalue weighted by Crippen LogP contribution is -2.48. The molecule has 0 spiro atoms. The number of hydrogen-bond acceptors (Lipinski definition) is 3.